The van der Waals surface area contributed by atoms with E-state index in [1.165, 1.54) is 0 Å². The highest BCUT2D eigenvalue weighted by Gasteiger charge is 2.32. The van der Waals surface area contributed by atoms with Crippen LogP contribution in [0.4, 0.5) is 0 Å². The molecule has 0 aliphatic carbocycles. The van der Waals surface area contributed by atoms with Gasteiger partial charge in [-0.1, -0.05) is 12.1 Å². The van der Waals surface area contributed by atoms with Crippen LogP contribution in [0.2, 0.25) is 0 Å². The summed E-state index contributed by atoms with van der Waals surface area (Å²) in [4.78, 5) is 29.9. The quantitative estimate of drug-likeness (QED) is 0.657. The van der Waals surface area contributed by atoms with E-state index in [0.717, 1.165) is 16.9 Å². The van der Waals surface area contributed by atoms with Gasteiger partial charge in [-0.25, -0.2) is 4.98 Å². The minimum atomic E-state index is -0.422. The van der Waals surface area contributed by atoms with Crippen molar-refractivity contribution >= 4 is 23.0 Å². The number of carbonyl (C=O) groups is 2. The number of para-hydroxylation sites is 2. The first-order chi connectivity index (χ1) is 8.72. The summed E-state index contributed by atoms with van der Waals surface area (Å²) in [5, 5.41) is 0. The van der Waals surface area contributed by atoms with Crippen LogP contribution in [0, 0.1) is 5.92 Å². The highest BCUT2D eigenvalue weighted by molar-refractivity contribution is 5.94. The maximum absolute atomic E-state index is 11.3. The van der Waals surface area contributed by atoms with Crippen LogP contribution in [-0.2, 0) is 20.7 Å². The third-order valence-corrected chi connectivity index (χ3v) is 3.13. The second-order valence-electron chi connectivity index (χ2n) is 4.43. The van der Waals surface area contributed by atoms with E-state index < -0.39 is 11.9 Å². The number of esters is 2. The maximum atomic E-state index is 11.3. The number of carbonyl (C=O) groups excluding carboxylic acids is 2. The molecule has 0 saturated carbocycles. The minimum absolute atomic E-state index is 0.194. The average Bonchev–Trinajstić information content (AvgIpc) is 2.89. The van der Waals surface area contributed by atoms with E-state index in [1.807, 2.05) is 24.3 Å². The number of hydrogen-bond donors (Lipinski definition) is 1. The van der Waals surface area contributed by atoms with Gasteiger partial charge in [-0.05, 0) is 18.6 Å². The van der Waals surface area contributed by atoms with E-state index in [4.69, 9.17) is 0 Å². The van der Waals surface area contributed by atoms with Crippen molar-refractivity contribution in [3.8, 4) is 0 Å². The number of aromatic nitrogens is 2. The Labute approximate surface area is 103 Å². The fraction of sp³-hybridized carbons (Fsp3) is 0.308. The summed E-state index contributed by atoms with van der Waals surface area (Å²) in [6, 6.07) is 7.76. The van der Waals surface area contributed by atoms with Crippen molar-refractivity contribution in [2.75, 3.05) is 0 Å². The second-order valence-corrected chi connectivity index (χ2v) is 4.43. The molecule has 0 bridgehead atoms. The number of ether oxygens (including phenoxy) is 1. The lowest BCUT2D eigenvalue weighted by Crippen LogP contribution is -2.08. The maximum Gasteiger partial charge on any atom is 0.317 e. The molecule has 1 saturated heterocycles. The van der Waals surface area contributed by atoms with Gasteiger partial charge >= 0.3 is 11.9 Å². The van der Waals surface area contributed by atoms with Crippen molar-refractivity contribution in [3.05, 3.63) is 30.1 Å². The number of nitrogens with zero attached hydrogens (tertiary/aromatic N) is 1. The first-order valence-corrected chi connectivity index (χ1v) is 5.90. The fourth-order valence-electron chi connectivity index (χ4n) is 2.18. The molecule has 2 heterocycles. The van der Waals surface area contributed by atoms with Gasteiger partial charge in [-0.15, -0.1) is 0 Å². The van der Waals surface area contributed by atoms with Crippen molar-refractivity contribution in [1.29, 1.82) is 0 Å². The van der Waals surface area contributed by atoms with Crippen molar-refractivity contribution in [2.24, 2.45) is 5.92 Å². The molecule has 2 aromatic rings. The summed E-state index contributed by atoms with van der Waals surface area (Å²) in [6.07, 6.45) is 1.42. The van der Waals surface area contributed by atoms with Crippen LogP contribution in [-0.4, -0.2) is 21.9 Å². The topological polar surface area (TPSA) is 72.0 Å². The zero-order chi connectivity index (χ0) is 12.5. The lowest BCUT2D eigenvalue weighted by Gasteiger charge is -2.01. The SMILES string of the molecule is O=C1CC(CCc2nc3ccccc3[nH]2)C(=O)O1. The largest absolute Gasteiger partial charge is 0.393 e. The highest BCUT2D eigenvalue weighted by Crippen LogP contribution is 2.21. The Kier molecular flexibility index (Phi) is 2.59. The Bertz CT molecular complexity index is 584. The molecule has 0 amide bonds. The number of nitrogens with one attached hydrogen (secondary N) is 1. The van der Waals surface area contributed by atoms with Crippen LogP contribution in [0.15, 0.2) is 24.3 Å². The van der Waals surface area contributed by atoms with Gasteiger partial charge in [0.25, 0.3) is 0 Å². The second kappa shape index (κ2) is 4.25. The molecule has 18 heavy (non-hydrogen) atoms. The van der Waals surface area contributed by atoms with Crippen molar-refractivity contribution < 1.29 is 14.3 Å². The normalized spacial score (nSPS) is 19.4. The lowest BCUT2D eigenvalue weighted by molar-refractivity contribution is -0.153. The van der Waals surface area contributed by atoms with Gasteiger partial charge in [0.05, 0.1) is 23.4 Å². The molecule has 1 fully saturated rings. The molecule has 1 N–H and O–H groups in total. The number of imidazole rings is 1. The molecule has 3 rings (SSSR count). The number of H-pyrrole nitrogens is 1. The number of fused-ring (bicyclic) bond motifs is 1. The van der Waals surface area contributed by atoms with E-state index in [2.05, 4.69) is 14.7 Å². The predicted octanol–water partition coefficient (Wildman–Crippen LogP) is 1.59. The van der Waals surface area contributed by atoms with Gasteiger partial charge in [0.15, 0.2) is 0 Å². The van der Waals surface area contributed by atoms with Crippen LogP contribution in [0.25, 0.3) is 11.0 Å². The molecule has 1 aliphatic heterocycles. The first kappa shape index (κ1) is 11.0. The van der Waals surface area contributed by atoms with Crippen LogP contribution < -0.4 is 0 Å². The fourth-order valence-corrected chi connectivity index (χ4v) is 2.18. The molecule has 5 heteroatoms. The summed E-state index contributed by atoms with van der Waals surface area (Å²) < 4.78 is 4.51. The third kappa shape index (κ3) is 1.99. The molecular weight excluding hydrogens is 232 g/mol. The predicted molar refractivity (Wildman–Crippen MR) is 63.6 cm³/mol. The van der Waals surface area contributed by atoms with E-state index in [-0.39, 0.29) is 12.3 Å². The van der Waals surface area contributed by atoms with Crippen LogP contribution in [0.5, 0.6) is 0 Å². The Balaban J connectivity index is 1.69. The first-order valence-electron chi connectivity index (χ1n) is 5.90. The summed E-state index contributed by atoms with van der Waals surface area (Å²) in [7, 11) is 0. The van der Waals surface area contributed by atoms with Crippen LogP contribution in [0.1, 0.15) is 18.7 Å². The summed E-state index contributed by atoms with van der Waals surface area (Å²) in [6.45, 7) is 0. The summed E-state index contributed by atoms with van der Waals surface area (Å²) in [5.41, 5.74) is 1.90. The van der Waals surface area contributed by atoms with Gasteiger partial charge in [-0.3, -0.25) is 9.59 Å². The van der Waals surface area contributed by atoms with Gasteiger partial charge in [0, 0.05) is 6.42 Å². The number of rotatable bonds is 3. The van der Waals surface area contributed by atoms with Gasteiger partial charge in [0.2, 0.25) is 0 Å². The number of benzene rings is 1. The van der Waals surface area contributed by atoms with E-state index in [9.17, 15) is 9.59 Å². The molecule has 1 atom stereocenters. The monoisotopic (exact) mass is 244 g/mol. The molecule has 5 nitrogen and oxygen atoms in total. The Morgan fingerprint density at radius 3 is 2.89 bits per heavy atom. The number of aromatic amines is 1. The van der Waals surface area contributed by atoms with Crippen LogP contribution >= 0.6 is 0 Å². The number of aryl methyl sites for hydroxylation is 1. The standard InChI is InChI=1S/C13H12N2O3/c16-12-7-8(13(17)18-12)5-6-11-14-9-3-1-2-4-10(9)15-11/h1-4,8H,5-7H2,(H,14,15). The van der Waals surface area contributed by atoms with Crippen molar-refractivity contribution in [1.82, 2.24) is 9.97 Å². The Hall–Kier alpha value is -2.17. The molecule has 1 unspecified atom stereocenters. The zero-order valence-corrected chi connectivity index (χ0v) is 9.68. The molecule has 1 aromatic carbocycles. The summed E-state index contributed by atoms with van der Waals surface area (Å²) >= 11 is 0. The van der Waals surface area contributed by atoms with E-state index in [0.29, 0.717) is 12.8 Å². The van der Waals surface area contributed by atoms with Crippen molar-refractivity contribution in [2.45, 2.75) is 19.3 Å². The minimum Gasteiger partial charge on any atom is -0.393 e. The number of hydrogen-bond acceptors (Lipinski definition) is 4. The van der Waals surface area contributed by atoms with E-state index in [1.54, 1.807) is 0 Å². The van der Waals surface area contributed by atoms with Crippen molar-refractivity contribution in [3.63, 3.8) is 0 Å². The smallest absolute Gasteiger partial charge is 0.317 e. The number of cyclic esters (lactones) is 2. The molecule has 0 spiro atoms. The molecular formula is C13H12N2O3. The van der Waals surface area contributed by atoms with E-state index >= 15 is 0 Å². The third-order valence-electron chi connectivity index (χ3n) is 3.13. The molecule has 92 valence electrons. The van der Waals surface area contributed by atoms with Gasteiger partial charge < -0.3 is 9.72 Å². The molecule has 1 aromatic heterocycles. The zero-order valence-electron chi connectivity index (χ0n) is 9.68. The Morgan fingerprint density at radius 2 is 2.17 bits per heavy atom. The Morgan fingerprint density at radius 1 is 1.33 bits per heavy atom. The van der Waals surface area contributed by atoms with Crippen LogP contribution in [0.3, 0.4) is 0 Å². The molecule has 1 aliphatic rings. The van der Waals surface area contributed by atoms with Gasteiger partial charge in [-0.2, -0.15) is 0 Å². The highest BCUT2D eigenvalue weighted by atomic mass is 16.6. The average molecular weight is 244 g/mol. The lowest BCUT2D eigenvalue weighted by atomic mass is 10.0. The van der Waals surface area contributed by atoms with Gasteiger partial charge in [0.1, 0.15) is 5.82 Å². The molecule has 0 radical (unpaired) electrons. The summed E-state index contributed by atoms with van der Waals surface area (Å²) in [5.74, 6) is -0.306.